The Balaban J connectivity index is 1.67. The second kappa shape index (κ2) is 7.49. The number of allylic oxidation sites excluding steroid dienone is 1. The highest BCUT2D eigenvalue weighted by Gasteiger charge is 2.34. The van der Waals surface area contributed by atoms with Crippen molar-refractivity contribution in [1.82, 2.24) is 9.55 Å². The number of phenols is 1. The second-order valence-corrected chi connectivity index (χ2v) is 7.86. The van der Waals surface area contributed by atoms with Crippen LogP contribution in [-0.4, -0.2) is 20.6 Å². The first-order chi connectivity index (χ1) is 15.0. The minimum absolute atomic E-state index is 0.134. The number of carbonyl (C=O) groups excluding carboxylic acids is 1. The number of aromatic hydroxyl groups is 1. The van der Waals surface area contributed by atoms with Crippen molar-refractivity contribution < 1.29 is 9.90 Å². The molecule has 0 spiro atoms. The minimum Gasteiger partial charge on any atom is -0.508 e. The van der Waals surface area contributed by atoms with Crippen LogP contribution in [0.25, 0.3) is 11.0 Å². The number of aromatic nitrogens is 2. The maximum atomic E-state index is 13.5. The number of imidazole rings is 1. The standard InChI is InChI=1S/C24H19ClN4O2/c1-14-21(23(31)27-17-8-5-7-16(25)13-17)22(15-6-4-9-18(30)12-15)29-20-11-3-2-10-19(20)28-24(29)26-14/h2-13,22,30H,1H3,(H,26,28)(H,27,31)/t22-/m0/s1. The Bertz CT molecular complexity index is 1360. The van der Waals surface area contributed by atoms with Crippen LogP contribution in [0.15, 0.2) is 84.1 Å². The maximum absolute atomic E-state index is 13.5. The lowest BCUT2D eigenvalue weighted by Crippen LogP contribution is -2.30. The lowest BCUT2D eigenvalue weighted by atomic mass is 9.94. The summed E-state index contributed by atoms with van der Waals surface area (Å²) in [6.45, 7) is 1.85. The molecule has 1 aromatic heterocycles. The average Bonchev–Trinajstić information content (AvgIpc) is 3.10. The van der Waals surface area contributed by atoms with E-state index in [-0.39, 0.29) is 11.7 Å². The van der Waals surface area contributed by atoms with Crippen LogP contribution in [0.5, 0.6) is 5.75 Å². The number of anilines is 2. The number of fused-ring (bicyclic) bond motifs is 3. The van der Waals surface area contributed by atoms with Gasteiger partial charge in [-0.3, -0.25) is 9.36 Å². The summed E-state index contributed by atoms with van der Waals surface area (Å²) in [4.78, 5) is 18.2. The van der Waals surface area contributed by atoms with E-state index in [9.17, 15) is 9.90 Å². The number of nitrogens with one attached hydrogen (secondary N) is 2. The third-order valence-electron chi connectivity index (χ3n) is 5.34. The van der Waals surface area contributed by atoms with Gasteiger partial charge in [0, 0.05) is 16.4 Å². The van der Waals surface area contributed by atoms with Gasteiger partial charge in [0.2, 0.25) is 5.95 Å². The fraction of sp³-hybridized carbons (Fsp3) is 0.0833. The first-order valence-corrected chi connectivity index (χ1v) is 10.2. The lowest BCUT2D eigenvalue weighted by Gasteiger charge is -2.30. The fourth-order valence-corrected chi connectivity index (χ4v) is 4.22. The topological polar surface area (TPSA) is 79.2 Å². The normalized spacial score (nSPS) is 15.5. The number of phenolic OH excluding ortho intramolecular Hbond substituents is 1. The average molecular weight is 431 g/mol. The number of nitrogens with zero attached hydrogens (tertiary/aromatic N) is 2. The van der Waals surface area contributed by atoms with Crippen molar-refractivity contribution in [2.24, 2.45) is 0 Å². The van der Waals surface area contributed by atoms with Crippen molar-refractivity contribution in [3.8, 4) is 5.75 Å². The van der Waals surface area contributed by atoms with Crippen LogP contribution < -0.4 is 10.6 Å². The molecule has 154 valence electrons. The van der Waals surface area contributed by atoms with Crippen LogP contribution >= 0.6 is 11.6 Å². The van der Waals surface area contributed by atoms with Crippen LogP contribution in [0.2, 0.25) is 5.02 Å². The number of hydrogen-bond donors (Lipinski definition) is 3. The molecule has 0 radical (unpaired) electrons. The summed E-state index contributed by atoms with van der Waals surface area (Å²) in [5, 5.41) is 16.9. The SMILES string of the molecule is CC1=C(C(=O)Nc2cccc(Cl)c2)[C@H](c2cccc(O)c2)n2c(nc3ccccc32)N1. The van der Waals surface area contributed by atoms with Gasteiger partial charge in [0.15, 0.2) is 0 Å². The molecule has 0 saturated carbocycles. The molecular formula is C24H19ClN4O2. The van der Waals surface area contributed by atoms with Gasteiger partial charge < -0.3 is 15.7 Å². The zero-order valence-electron chi connectivity index (χ0n) is 16.6. The first kappa shape index (κ1) is 19.2. The first-order valence-electron chi connectivity index (χ1n) is 9.82. The molecule has 6 nitrogen and oxygen atoms in total. The second-order valence-electron chi connectivity index (χ2n) is 7.42. The van der Waals surface area contributed by atoms with Crippen molar-refractivity contribution in [2.45, 2.75) is 13.0 Å². The molecule has 3 aromatic carbocycles. The monoisotopic (exact) mass is 430 g/mol. The number of benzene rings is 3. The molecule has 1 atom stereocenters. The van der Waals surface area contributed by atoms with E-state index in [2.05, 4.69) is 10.6 Å². The molecule has 1 aliphatic rings. The molecule has 4 aromatic rings. The van der Waals surface area contributed by atoms with Gasteiger partial charge in [0.1, 0.15) is 5.75 Å². The van der Waals surface area contributed by atoms with Crippen LogP contribution in [0.4, 0.5) is 11.6 Å². The number of rotatable bonds is 3. The van der Waals surface area contributed by atoms with Crippen molar-refractivity contribution >= 4 is 40.2 Å². The third-order valence-corrected chi connectivity index (χ3v) is 5.58. The van der Waals surface area contributed by atoms with Gasteiger partial charge in [-0.1, -0.05) is 41.9 Å². The Morgan fingerprint density at radius 1 is 1.10 bits per heavy atom. The zero-order valence-corrected chi connectivity index (χ0v) is 17.4. The van der Waals surface area contributed by atoms with Gasteiger partial charge in [-0.05, 0) is 55.0 Å². The van der Waals surface area contributed by atoms with E-state index >= 15 is 0 Å². The predicted molar refractivity (Wildman–Crippen MR) is 122 cm³/mol. The minimum atomic E-state index is -0.477. The van der Waals surface area contributed by atoms with Gasteiger partial charge in [-0.25, -0.2) is 4.98 Å². The van der Waals surface area contributed by atoms with E-state index in [0.717, 1.165) is 16.6 Å². The molecule has 0 bridgehead atoms. The largest absolute Gasteiger partial charge is 0.508 e. The van der Waals surface area contributed by atoms with Crippen LogP contribution in [0, 0.1) is 0 Å². The predicted octanol–water partition coefficient (Wildman–Crippen LogP) is 5.32. The molecular weight excluding hydrogens is 412 g/mol. The summed E-state index contributed by atoms with van der Waals surface area (Å²) in [7, 11) is 0. The Hall–Kier alpha value is -3.77. The molecule has 1 aliphatic heterocycles. The lowest BCUT2D eigenvalue weighted by molar-refractivity contribution is -0.113. The summed E-state index contributed by atoms with van der Waals surface area (Å²) in [5.74, 6) is 0.518. The summed E-state index contributed by atoms with van der Waals surface area (Å²) < 4.78 is 1.99. The molecule has 0 saturated heterocycles. The van der Waals surface area contributed by atoms with Gasteiger partial charge >= 0.3 is 0 Å². The Morgan fingerprint density at radius 2 is 1.90 bits per heavy atom. The molecule has 31 heavy (non-hydrogen) atoms. The summed E-state index contributed by atoms with van der Waals surface area (Å²) in [5.41, 5.74) is 4.31. The van der Waals surface area contributed by atoms with Crippen LogP contribution in [0.1, 0.15) is 18.5 Å². The van der Waals surface area contributed by atoms with Gasteiger partial charge in [0.25, 0.3) is 5.91 Å². The third kappa shape index (κ3) is 3.41. The Labute approximate surface area is 183 Å². The summed E-state index contributed by atoms with van der Waals surface area (Å²) in [6.07, 6.45) is 0. The molecule has 5 rings (SSSR count). The van der Waals surface area contributed by atoms with Crippen molar-refractivity contribution in [3.05, 3.63) is 94.7 Å². The molecule has 7 heteroatoms. The quantitative estimate of drug-likeness (QED) is 0.411. The Morgan fingerprint density at radius 3 is 2.71 bits per heavy atom. The van der Waals surface area contributed by atoms with Crippen molar-refractivity contribution in [2.75, 3.05) is 10.6 Å². The molecule has 2 heterocycles. The van der Waals surface area contributed by atoms with Gasteiger partial charge in [0.05, 0.1) is 22.6 Å². The number of carbonyl (C=O) groups is 1. The zero-order chi connectivity index (χ0) is 21.5. The summed E-state index contributed by atoms with van der Waals surface area (Å²) >= 11 is 6.09. The Kier molecular flexibility index (Phi) is 4.64. The maximum Gasteiger partial charge on any atom is 0.255 e. The van der Waals surface area contributed by atoms with Crippen LogP contribution in [0.3, 0.4) is 0 Å². The van der Waals surface area contributed by atoms with E-state index < -0.39 is 6.04 Å². The highest BCUT2D eigenvalue weighted by Crippen LogP contribution is 2.40. The number of amides is 1. The van der Waals surface area contributed by atoms with Crippen LogP contribution in [-0.2, 0) is 4.79 Å². The molecule has 0 aliphatic carbocycles. The molecule has 3 N–H and O–H groups in total. The molecule has 0 unspecified atom stereocenters. The summed E-state index contributed by atoms with van der Waals surface area (Å²) in [6, 6.07) is 21.3. The number of halogens is 1. The highest BCUT2D eigenvalue weighted by molar-refractivity contribution is 6.31. The van der Waals surface area contributed by atoms with E-state index in [1.54, 1.807) is 42.5 Å². The molecule has 0 fully saturated rings. The van der Waals surface area contributed by atoms with Gasteiger partial charge in [-0.2, -0.15) is 0 Å². The highest BCUT2D eigenvalue weighted by atomic mass is 35.5. The van der Waals surface area contributed by atoms with E-state index in [0.29, 0.717) is 27.9 Å². The number of para-hydroxylation sites is 2. The molecule has 1 amide bonds. The van der Waals surface area contributed by atoms with Crippen molar-refractivity contribution in [3.63, 3.8) is 0 Å². The van der Waals surface area contributed by atoms with Crippen molar-refractivity contribution in [1.29, 1.82) is 0 Å². The van der Waals surface area contributed by atoms with E-state index in [1.807, 2.05) is 41.8 Å². The van der Waals surface area contributed by atoms with Gasteiger partial charge in [-0.15, -0.1) is 0 Å². The number of hydrogen-bond acceptors (Lipinski definition) is 4. The van der Waals surface area contributed by atoms with E-state index in [4.69, 9.17) is 16.6 Å². The van der Waals surface area contributed by atoms with E-state index in [1.165, 1.54) is 0 Å². The smallest absolute Gasteiger partial charge is 0.255 e. The fourth-order valence-electron chi connectivity index (χ4n) is 4.03.